The molecule has 2 rings (SSSR count). The maximum atomic E-state index is 5.73. The van der Waals surface area contributed by atoms with Crippen LogP contribution >= 0.6 is 22.6 Å². The lowest BCUT2D eigenvalue weighted by Crippen LogP contribution is -2.30. The molecule has 3 heteroatoms. The number of nitrogens with one attached hydrogen (secondary N) is 1. The van der Waals surface area contributed by atoms with E-state index in [1.54, 1.807) is 0 Å². The Kier molecular flexibility index (Phi) is 5.74. The molecule has 17 heavy (non-hydrogen) atoms. The van der Waals surface area contributed by atoms with Crippen LogP contribution in [0.5, 0.6) is 0 Å². The molecule has 0 bridgehead atoms. The minimum atomic E-state index is 0.747. The van der Waals surface area contributed by atoms with Crippen LogP contribution < -0.4 is 5.32 Å². The summed E-state index contributed by atoms with van der Waals surface area (Å²) < 4.78 is 7.01. The molecule has 0 saturated carbocycles. The second kappa shape index (κ2) is 7.34. The van der Waals surface area contributed by atoms with E-state index in [9.17, 15) is 0 Å². The summed E-state index contributed by atoms with van der Waals surface area (Å²) in [4.78, 5) is 0. The molecule has 1 fully saturated rings. The first-order valence-electron chi connectivity index (χ1n) is 6.37. The van der Waals surface area contributed by atoms with Gasteiger partial charge in [0, 0.05) is 10.2 Å². The lowest BCUT2D eigenvalue weighted by Gasteiger charge is -2.22. The maximum absolute atomic E-state index is 5.73. The fraction of sp³-hybridized carbons (Fsp3) is 0.571. The summed E-state index contributed by atoms with van der Waals surface area (Å²) in [6.07, 6.45) is 3.87. The number of ether oxygens (including phenoxy) is 1. The SMILES string of the molecule is Ic1ccc(COCC[C@H]2CCCNC2)cc1. The van der Waals surface area contributed by atoms with Crippen LogP contribution in [-0.4, -0.2) is 19.7 Å². The van der Waals surface area contributed by atoms with Gasteiger partial charge in [-0.15, -0.1) is 0 Å². The fourth-order valence-corrected chi connectivity index (χ4v) is 2.55. The summed E-state index contributed by atoms with van der Waals surface area (Å²) in [5.41, 5.74) is 1.27. The Hall–Kier alpha value is -0.130. The summed E-state index contributed by atoms with van der Waals surface area (Å²) in [6.45, 7) is 4.00. The second-order valence-electron chi connectivity index (χ2n) is 4.68. The Labute approximate surface area is 117 Å². The molecule has 1 N–H and O–H groups in total. The maximum Gasteiger partial charge on any atom is 0.0716 e. The molecule has 1 aromatic carbocycles. The van der Waals surface area contributed by atoms with Crippen LogP contribution in [0.2, 0.25) is 0 Å². The van der Waals surface area contributed by atoms with Crippen molar-refractivity contribution in [3.05, 3.63) is 33.4 Å². The van der Waals surface area contributed by atoms with Gasteiger partial charge in [-0.3, -0.25) is 0 Å². The Bertz CT molecular complexity index is 319. The zero-order chi connectivity index (χ0) is 11.9. The Morgan fingerprint density at radius 1 is 1.29 bits per heavy atom. The minimum Gasteiger partial charge on any atom is -0.377 e. The van der Waals surface area contributed by atoms with Crippen LogP contribution in [0, 0.1) is 9.49 Å². The monoisotopic (exact) mass is 345 g/mol. The molecule has 1 atom stereocenters. The predicted octanol–water partition coefficient (Wildman–Crippen LogP) is 3.20. The van der Waals surface area contributed by atoms with Gasteiger partial charge >= 0.3 is 0 Å². The highest BCUT2D eigenvalue weighted by Crippen LogP contribution is 2.14. The van der Waals surface area contributed by atoms with Crippen molar-refractivity contribution in [2.45, 2.75) is 25.9 Å². The van der Waals surface area contributed by atoms with Gasteiger partial charge in [-0.05, 0) is 78.6 Å². The summed E-state index contributed by atoms with van der Waals surface area (Å²) in [7, 11) is 0. The molecule has 1 saturated heterocycles. The molecule has 94 valence electrons. The average Bonchev–Trinajstić information content (AvgIpc) is 2.38. The van der Waals surface area contributed by atoms with E-state index in [1.165, 1.54) is 41.5 Å². The van der Waals surface area contributed by atoms with E-state index in [1.807, 2.05) is 0 Å². The third kappa shape index (κ3) is 4.94. The van der Waals surface area contributed by atoms with Crippen molar-refractivity contribution in [3.63, 3.8) is 0 Å². The van der Waals surface area contributed by atoms with Gasteiger partial charge < -0.3 is 10.1 Å². The van der Waals surface area contributed by atoms with Crippen molar-refractivity contribution >= 4 is 22.6 Å². The van der Waals surface area contributed by atoms with Gasteiger partial charge in [-0.25, -0.2) is 0 Å². The van der Waals surface area contributed by atoms with Crippen molar-refractivity contribution in [2.24, 2.45) is 5.92 Å². The topological polar surface area (TPSA) is 21.3 Å². The Morgan fingerprint density at radius 3 is 2.82 bits per heavy atom. The van der Waals surface area contributed by atoms with Crippen LogP contribution in [0.3, 0.4) is 0 Å². The van der Waals surface area contributed by atoms with E-state index in [-0.39, 0.29) is 0 Å². The lowest BCUT2D eigenvalue weighted by atomic mass is 9.97. The number of rotatable bonds is 5. The largest absolute Gasteiger partial charge is 0.377 e. The van der Waals surface area contributed by atoms with Crippen LogP contribution in [0.4, 0.5) is 0 Å². The molecular formula is C14H20INO. The summed E-state index contributed by atoms with van der Waals surface area (Å²) in [6, 6.07) is 8.54. The predicted molar refractivity (Wildman–Crippen MR) is 79.0 cm³/mol. The van der Waals surface area contributed by atoms with Gasteiger partial charge in [0.25, 0.3) is 0 Å². The molecule has 0 aliphatic carbocycles. The van der Waals surface area contributed by atoms with Crippen LogP contribution in [0.15, 0.2) is 24.3 Å². The van der Waals surface area contributed by atoms with Gasteiger partial charge in [0.05, 0.1) is 6.61 Å². The first-order chi connectivity index (χ1) is 8.34. The first kappa shape index (κ1) is 13.3. The molecule has 0 unspecified atom stereocenters. The third-order valence-electron chi connectivity index (χ3n) is 3.25. The Morgan fingerprint density at radius 2 is 2.12 bits per heavy atom. The van der Waals surface area contributed by atoms with Crippen molar-refractivity contribution in [3.8, 4) is 0 Å². The van der Waals surface area contributed by atoms with Crippen molar-refractivity contribution < 1.29 is 4.74 Å². The zero-order valence-electron chi connectivity index (χ0n) is 10.1. The molecule has 0 aromatic heterocycles. The highest BCUT2D eigenvalue weighted by atomic mass is 127. The number of benzene rings is 1. The molecule has 1 aliphatic rings. The van der Waals surface area contributed by atoms with E-state index in [0.29, 0.717) is 0 Å². The van der Waals surface area contributed by atoms with Gasteiger partial charge in [0.1, 0.15) is 0 Å². The van der Waals surface area contributed by atoms with Gasteiger partial charge in [-0.2, -0.15) is 0 Å². The third-order valence-corrected chi connectivity index (χ3v) is 3.97. The van der Waals surface area contributed by atoms with E-state index in [0.717, 1.165) is 19.1 Å². The number of piperidine rings is 1. The van der Waals surface area contributed by atoms with Crippen molar-refractivity contribution in [1.82, 2.24) is 5.32 Å². The molecule has 0 amide bonds. The quantitative estimate of drug-likeness (QED) is 0.654. The standard InChI is InChI=1S/C14H20INO/c15-14-5-3-13(4-6-14)11-17-9-7-12-2-1-8-16-10-12/h3-6,12,16H,1-2,7-11H2/t12-/m1/s1. The molecule has 1 heterocycles. The van der Waals surface area contributed by atoms with Crippen LogP contribution in [0.1, 0.15) is 24.8 Å². The highest BCUT2D eigenvalue weighted by Gasteiger charge is 2.12. The number of hydrogen-bond acceptors (Lipinski definition) is 2. The van der Waals surface area contributed by atoms with E-state index in [4.69, 9.17) is 4.74 Å². The summed E-state index contributed by atoms with van der Waals surface area (Å²) in [5, 5.41) is 3.44. The summed E-state index contributed by atoms with van der Waals surface area (Å²) in [5.74, 6) is 0.820. The molecule has 0 radical (unpaired) electrons. The molecule has 1 aromatic rings. The van der Waals surface area contributed by atoms with Crippen molar-refractivity contribution in [2.75, 3.05) is 19.7 Å². The van der Waals surface area contributed by atoms with Crippen LogP contribution in [-0.2, 0) is 11.3 Å². The van der Waals surface area contributed by atoms with E-state index < -0.39 is 0 Å². The minimum absolute atomic E-state index is 0.747. The molecular weight excluding hydrogens is 325 g/mol. The smallest absolute Gasteiger partial charge is 0.0716 e. The fourth-order valence-electron chi connectivity index (χ4n) is 2.19. The molecule has 0 spiro atoms. The van der Waals surface area contributed by atoms with Gasteiger partial charge in [-0.1, -0.05) is 12.1 Å². The van der Waals surface area contributed by atoms with E-state index in [2.05, 4.69) is 52.2 Å². The van der Waals surface area contributed by atoms with Gasteiger partial charge in [0.2, 0.25) is 0 Å². The number of halogens is 1. The first-order valence-corrected chi connectivity index (χ1v) is 7.45. The second-order valence-corrected chi connectivity index (χ2v) is 5.93. The normalized spacial score (nSPS) is 20.4. The van der Waals surface area contributed by atoms with E-state index >= 15 is 0 Å². The lowest BCUT2D eigenvalue weighted by molar-refractivity contribution is 0.103. The Balaban J connectivity index is 1.60. The summed E-state index contributed by atoms with van der Waals surface area (Å²) >= 11 is 2.32. The molecule has 1 aliphatic heterocycles. The van der Waals surface area contributed by atoms with Crippen molar-refractivity contribution in [1.29, 1.82) is 0 Å². The average molecular weight is 345 g/mol. The number of hydrogen-bond donors (Lipinski definition) is 1. The highest BCUT2D eigenvalue weighted by molar-refractivity contribution is 14.1. The van der Waals surface area contributed by atoms with Crippen LogP contribution in [0.25, 0.3) is 0 Å². The molecule has 2 nitrogen and oxygen atoms in total. The van der Waals surface area contributed by atoms with Gasteiger partial charge in [0.15, 0.2) is 0 Å². The zero-order valence-corrected chi connectivity index (χ0v) is 12.3.